The summed E-state index contributed by atoms with van der Waals surface area (Å²) >= 11 is 6.51. The van der Waals surface area contributed by atoms with E-state index in [2.05, 4.69) is 4.90 Å². The molecule has 222 valence electrons. The van der Waals surface area contributed by atoms with Gasteiger partial charge in [-0.05, 0) is 69.3 Å². The number of esters is 1. The standard InChI is InChI=1S/C32H33ClF3N3O3/c1-5-41-30(40)31(2,3)42-29-16-11-23(17-27(29)33)19-38(4)21-26-18-28(24-12-14-25(15-13-24)32(34,35)36)37-39(26)20-22-9-7-6-8-10-22/h6-18H,5,19-21H2,1-4H3. The number of halogens is 4. The van der Waals surface area contributed by atoms with E-state index in [0.29, 0.717) is 41.7 Å². The molecule has 6 nitrogen and oxygen atoms in total. The fourth-order valence-electron chi connectivity index (χ4n) is 4.44. The number of hydrogen-bond donors (Lipinski definition) is 0. The smallest absolute Gasteiger partial charge is 0.416 e. The minimum Gasteiger partial charge on any atom is -0.475 e. The summed E-state index contributed by atoms with van der Waals surface area (Å²) in [5.74, 6) is -0.101. The van der Waals surface area contributed by atoms with Gasteiger partial charge in [-0.25, -0.2) is 4.79 Å². The second kappa shape index (κ2) is 13.0. The van der Waals surface area contributed by atoms with Gasteiger partial charge in [0, 0.05) is 18.7 Å². The number of carbonyl (C=O) groups excluding carboxylic acids is 1. The quantitative estimate of drug-likeness (QED) is 0.166. The monoisotopic (exact) mass is 599 g/mol. The molecule has 3 aromatic carbocycles. The first-order chi connectivity index (χ1) is 19.9. The molecule has 0 amide bonds. The van der Waals surface area contributed by atoms with E-state index >= 15 is 0 Å². The molecular formula is C32H33ClF3N3O3. The molecule has 0 saturated carbocycles. The summed E-state index contributed by atoms with van der Waals surface area (Å²) < 4.78 is 52.0. The summed E-state index contributed by atoms with van der Waals surface area (Å²) in [5.41, 5.74) is 2.19. The van der Waals surface area contributed by atoms with E-state index in [1.165, 1.54) is 12.1 Å². The molecule has 0 N–H and O–H groups in total. The number of nitrogens with zero attached hydrogens (tertiary/aromatic N) is 3. The summed E-state index contributed by atoms with van der Waals surface area (Å²) in [7, 11) is 1.96. The van der Waals surface area contributed by atoms with Crippen LogP contribution in [-0.4, -0.2) is 39.9 Å². The number of benzene rings is 3. The van der Waals surface area contributed by atoms with Gasteiger partial charge in [-0.3, -0.25) is 9.58 Å². The van der Waals surface area contributed by atoms with Gasteiger partial charge in [-0.2, -0.15) is 18.3 Å². The number of aromatic nitrogens is 2. The third-order valence-electron chi connectivity index (χ3n) is 6.56. The molecule has 0 radical (unpaired) electrons. The highest BCUT2D eigenvalue weighted by Gasteiger charge is 2.32. The van der Waals surface area contributed by atoms with Crippen LogP contribution in [0.3, 0.4) is 0 Å². The fourth-order valence-corrected chi connectivity index (χ4v) is 4.68. The van der Waals surface area contributed by atoms with Crippen LogP contribution in [0.5, 0.6) is 5.75 Å². The molecule has 1 heterocycles. The van der Waals surface area contributed by atoms with E-state index < -0.39 is 23.3 Å². The number of alkyl halides is 3. The zero-order chi connectivity index (χ0) is 30.5. The molecule has 4 aromatic rings. The lowest BCUT2D eigenvalue weighted by molar-refractivity contribution is -0.158. The first-order valence-electron chi connectivity index (χ1n) is 13.5. The maximum atomic E-state index is 13.1. The largest absolute Gasteiger partial charge is 0.475 e. The van der Waals surface area contributed by atoms with Crippen molar-refractivity contribution in [2.45, 2.75) is 52.2 Å². The van der Waals surface area contributed by atoms with Crippen LogP contribution in [0.4, 0.5) is 13.2 Å². The van der Waals surface area contributed by atoms with E-state index in [-0.39, 0.29) is 6.61 Å². The molecule has 0 bridgehead atoms. The molecule has 0 saturated heterocycles. The number of carbonyl (C=O) groups is 1. The Kier molecular flexibility index (Phi) is 9.64. The Morgan fingerprint density at radius 1 is 0.952 bits per heavy atom. The Labute approximate surface area is 248 Å². The number of hydrogen-bond acceptors (Lipinski definition) is 5. The van der Waals surface area contributed by atoms with Crippen LogP contribution in [0, 0.1) is 0 Å². The highest BCUT2D eigenvalue weighted by atomic mass is 35.5. The summed E-state index contributed by atoms with van der Waals surface area (Å²) in [6.07, 6.45) is -4.40. The van der Waals surface area contributed by atoms with Gasteiger partial charge in [0.05, 0.1) is 35.1 Å². The van der Waals surface area contributed by atoms with Crippen LogP contribution in [-0.2, 0) is 35.3 Å². The van der Waals surface area contributed by atoms with Crippen LogP contribution >= 0.6 is 11.6 Å². The van der Waals surface area contributed by atoms with Gasteiger partial charge in [0.2, 0.25) is 0 Å². The van der Waals surface area contributed by atoms with Crippen molar-refractivity contribution in [3.05, 3.63) is 106 Å². The zero-order valence-corrected chi connectivity index (χ0v) is 24.7. The van der Waals surface area contributed by atoms with Crippen molar-refractivity contribution < 1.29 is 27.4 Å². The van der Waals surface area contributed by atoms with Gasteiger partial charge in [0.1, 0.15) is 5.75 Å². The Hall–Kier alpha value is -3.82. The molecular weight excluding hydrogens is 567 g/mol. The SMILES string of the molecule is CCOC(=O)C(C)(C)Oc1ccc(CN(C)Cc2cc(-c3ccc(C(F)(F)F)cc3)nn2Cc2ccccc2)cc1Cl. The van der Waals surface area contributed by atoms with Gasteiger partial charge < -0.3 is 9.47 Å². The molecule has 0 aliphatic rings. The molecule has 0 aliphatic carbocycles. The van der Waals surface area contributed by atoms with E-state index in [4.69, 9.17) is 26.2 Å². The van der Waals surface area contributed by atoms with Gasteiger partial charge in [0.25, 0.3) is 0 Å². The van der Waals surface area contributed by atoms with Crippen LogP contribution in [0.15, 0.2) is 78.9 Å². The van der Waals surface area contributed by atoms with Crippen LogP contribution < -0.4 is 4.74 Å². The number of ether oxygens (including phenoxy) is 2. The maximum absolute atomic E-state index is 13.1. The first kappa shape index (κ1) is 31.1. The molecule has 4 rings (SSSR count). The van der Waals surface area contributed by atoms with Gasteiger partial charge in [-0.1, -0.05) is 60.1 Å². The first-order valence-corrected chi connectivity index (χ1v) is 13.8. The van der Waals surface area contributed by atoms with Crippen LogP contribution in [0.25, 0.3) is 11.3 Å². The predicted octanol–water partition coefficient (Wildman–Crippen LogP) is 7.62. The van der Waals surface area contributed by atoms with Crippen LogP contribution in [0.1, 0.15) is 43.2 Å². The zero-order valence-electron chi connectivity index (χ0n) is 23.9. The van der Waals surface area contributed by atoms with Crippen LogP contribution in [0.2, 0.25) is 5.02 Å². The van der Waals surface area contributed by atoms with Gasteiger partial charge >= 0.3 is 12.1 Å². The third-order valence-corrected chi connectivity index (χ3v) is 6.85. The summed E-state index contributed by atoms with van der Waals surface area (Å²) in [6, 6.07) is 22.2. The highest BCUT2D eigenvalue weighted by molar-refractivity contribution is 6.32. The lowest BCUT2D eigenvalue weighted by atomic mass is 10.1. The molecule has 0 fully saturated rings. The van der Waals surface area contributed by atoms with Gasteiger partial charge in [0.15, 0.2) is 5.60 Å². The molecule has 42 heavy (non-hydrogen) atoms. The fraction of sp³-hybridized carbons (Fsp3) is 0.312. The lowest BCUT2D eigenvalue weighted by Gasteiger charge is -2.25. The van der Waals surface area contributed by atoms with E-state index in [1.54, 1.807) is 32.9 Å². The molecule has 0 unspecified atom stereocenters. The van der Waals surface area contributed by atoms with Crippen molar-refractivity contribution in [1.82, 2.24) is 14.7 Å². The highest BCUT2D eigenvalue weighted by Crippen LogP contribution is 2.32. The van der Waals surface area contributed by atoms with E-state index in [0.717, 1.165) is 29.0 Å². The Morgan fingerprint density at radius 3 is 2.26 bits per heavy atom. The van der Waals surface area contributed by atoms with Crippen molar-refractivity contribution in [1.29, 1.82) is 0 Å². The van der Waals surface area contributed by atoms with Crippen molar-refractivity contribution in [3.63, 3.8) is 0 Å². The molecule has 10 heteroatoms. The molecule has 0 atom stereocenters. The molecule has 0 aliphatic heterocycles. The van der Waals surface area contributed by atoms with Crippen molar-refractivity contribution in [2.75, 3.05) is 13.7 Å². The minimum atomic E-state index is -4.40. The second-order valence-corrected chi connectivity index (χ2v) is 10.9. The lowest BCUT2D eigenvalue weighted by Crippen LogP contribution is -2.39. The summed E-state index contributed by atoms with van der Waals surface area (Å²) in [4.78, 5) is 14.3. The second-order valence-electron chi connectivity index (χ2n) is 10.5. The Bertz CT molecular complexity index is 1500. The average molecular weight is 600 g/mol. The predicted molar refractivity (Wildman–Crippen MR) is 156 cm³/mol. The van der Waals surface area contributed by atoms with Crippen molar-refractivity contribution >= 4 is 17.6 Å². The van der Waals surface area contributed by atoms with Gasteiger partial charge in [-0.15, -0.1) is 0 Å². The Morgan fingerprint density at radius 2 is 1.64 bits per heavy atom. The maximum Gasteiger partial charge on any atom is 0.416 e. The molecule has 1 aromatic heterocycles. The molecule has 0 spiro atoms. The summed E-state index contributed by atoms with van der Waals surface area (Å²) in [6.45, 7) is 6.82. The van der Waals surface area contributed by atoms with Crippen molar-refractivity contribution in [3.8, 4) is 17.0 Å². The van der Waals surface area contributed by atoms with Crippen molar-refractivity contribution in [2.24, 2.45) is 0 Å². The third kappa shape index (κ3) is 7.92. The number of rotatable bonds is 11. The summed E-state index contributed by atoms with van der Waals surface area (Å²) in [5, 5.41) is 5.12. The minimum absolute atomic E-state index is 0.251. The normalized spacial score (nSPS) is 12.0. The van der Waals surface area contributed by atoms with E-state index in [1.807, 2.05) is 54.2 Å². The topological polar surface area (TPSA) is 56.6 Å². The Balaban J connectivity index is 1.52. The average Bonchev–Trinajstić information content (AvgIpc) is 3.32. The van der Waals surface area contributed by atoms with E-state index in [9.17, 15) is 18.0 Å².